The summed E-state index contributed by atoms with van der Waals surface area (Å²) >= 11 is 3.73. The average Bonchev–Trinajstić information content (AvgIpc) is 2.47. The predicted molar refractivity (Wildman–Crippen MR) is 88.6 cm³/mol. The summed E-state index contributed by atoms with van der Waals surface area (Å²) in [6.45, 7) is 5.12. The highest BCUT2D eigenvalue weighted by Gasteiger charge is 2.35. The van der Waals surface area contributed by atoms with Crippen molar-refractivity contribution in [1.82, 2.24) is 0 Å². The molecule has 0 atom stereocenters. The quantitative estimate of drug-likeness (QED) is 0.859. The van der Waals surface area contributed by atoms with E-state index in [2.05, 4.69) is 41.9 Å². The summed E-state index contributed by atoms with van der Waals surface area (Å²) in [5, 5.41) is 0. The fraction of sp³-hybridized carbons (Fsp3) is 0.647. The van der Waals surface area contributed by atoms with Gasteiger partial charge in [-0.15, -0.1) is 0 Å². The minimum Gasteiger partial charge on any atom is -0.496 e. The van der Waals surface area contributed by atoms with Crippen LogP contribution < -0.4 is 10.5 Å². The van der Waals surface area contributed by atoms with Crippen molar-refractivity contribution in [2.24, 2.45) is 5.73 Å². The minimum absolute atomic E-state index is 0.0988. The molecule has 2 nitrogen and oxygen atoms in total. The fourth-order valence-electron chi connectivity index (χ4n) is 3.41. The summed E-state index contributed by atoms with van der Waals surface area (Å²) in [5.74, 6) is 1.48. The van der Waals surface area contributed by atoms with Gasteiger partial charge in [0.15, 0.2) is 0 Å². The van der Waals surface area contributed by atoms with Gasteiger partial charge in [0.25, 0.3) is 0 Å². The molecule has 1 aromatic rings. The van der Waals surface area contributed by atoms with Crippen molar-refractivity contribution < 1.29 is 4.74 Å². The van der Waals surface area contributed by atoms with Crippen LogP contribution in [0.5, 0.6) is 5.75 Å². The lowest BCUT2D eigenvalue weighted by Crippen LogP contribution is -2.37. The largest absolute Gasteiger partial charge is 0.496 e. The van der Waals surface area contributed by atoms with Crippen molar-refractivity contribution in [2.75, 3.05) is 13.7 Å². The van der Waals surface area contributed by atoms with E-state index in [0.29, 0.717) is 12.5 Å². The van der Waals surface area contributed by atoms with Gasteiger partial charge < -0.3 is 10.5 Å². The monoisotopic (exact) mass is 339 g/mol. The van der Waals surface area contributed by atoms with Gasteiger partial charge in [-0.05, 0) is 36.5 Å². The first-order valence-electron chi connectivity index (χ1n) is 7.62. The number of rotatable bonds is 4. The first-order chi connectivity index (χ1) is 9.54. The van der Waals surface area contributed by atoms with Crippen LogP contribution in [0.25, 0.3) is 0 Å². The van der Waals surface area contributed by atoms with E-state index in [4.69, 9.17) is 10.5 Å². The second-order valence-corrected chi connectivity index (χ2v) is 7.13. The summed E-state index contributed by atoms with van der Waals surface area (Å²) in [6.07, 6.45) is 6.21. The van der Waals surface area contributed by atoms with Crippen molar-refractivity contribution >= 4 is 15.9 Å². The predicted octanol–water partition coefficient (Wildman–Crippen LogP) is 4.74. The maximum Gasteiger partial charge on any atom is 0.123 e. The molecule has 0 heterocycles. The molecule has 1 aliphatic rings. The minimum atomic E-state index is 0.0988. The number of nitrogens with two attached hydrogens (primary N) is 1. The van der Waals surface area contributed by atoms with Crippen LogP contribution in [0, 0.1) is 0 Å². The van der Waals surface area contributed by atoms with Gasteiger partial charge in [-0.2, -0.15) is 0 Å². The molecule has 1 saturated carbocycles. The molecule has 0 amide bonds. The van der Waals surface area contributed by atoms with Crippen molar-refractivity contribution in [1.29, 1.82) is 0 Å². The number of halogens is 1. The Morgan fingerprint density at radius 1 is 1.25 bits per heavy atom. The van der Waals surface area contributed by atoms with Crippen LogP contribution >= 0.6 is 15.9 Å². The van der Waals surface area contributed by atoms with Gasteiger partial charge in [-0.25, -0.2) is 0 Å². The SMILES string of the molecule is COc1cc(C(C)C)c(Br)cc1C1(CN)CCCCC1. The van der Waals surface area contributed by atoms with Crippen LogP contribution in [0.15, 0.2) is 16.6 Å². The second kappa shape index (κ2) is 6.48. The van der Waals surface area contributed by atoms with Crippen molar-refractivity contribution in [3.05, 3.63) is 27.7 Å². The molecule has 1 aliphatic carbocycles. The molecule has 0 radical (unpaired) electrons. The summed E-state index contributed by atoms with van der Waals surface area (Å²) in [7, 11) is 1.77. The Bertz CT molecular complexity index is 464. The lowest BCUT2D eigenvalue weighted by molar-refractivity contribution is 0.287. The molecule has 0 saturated heterocycles. The molecule has 0 bridgehead atoms. The molecule has 2 rings (SSSR count). The van der Waals surface area contributed by atoms with E-state index in [1.165, 1.54) is 47.7 Å². The third-order valence-corrected chi connectivity index (χ3v) is 5.40. The normalized spacial score (nSPS) is 18.3. The number of hydrogen-bond donors (Lipinski definition) is 1. The van der Waals surface area contributed by atoms with Crippen LogP contribution in [-0.2, 0) is 5.41 Å². The zero-order chi connectivity index (χ0) is 14.8. The van der Waals surface area contributed by atoms with Gasteiger partial charge in [0.1, 0.15) is 5.75 Å². The first-order valence-corrected chi connectivity index (χ1v) is 8.41. The van der Waals surface area contributed by atoms with E-state index in [1.807, 2.05) is 0 Å². The van der Waals surface area contributed by atoms with Crippen LogP contribution in [0.1, 0.15) is 63.0 Å². The summed E-state index contributed by atoms with van der Waals surface area (Å²) < 4.78 is 6.88. The molecule has 20 heavy (non-hydrogen) atoms. The van der Waals surface area contributed by atoms with E-state index in [9.17, 15) is 0 Å². The highest BCUT2D eigenvalue weighted by atomic mass is 79.9. The second-order valence-electron chi connectivity index (χ2n) is 6.27. The summed E-state index contributed by atoms with van der Waals surface area (Å²) in [4.78, 5) is 0. The van der Waals surface area contributed by atoms with Crippen LogP contribution in [0.2, 0.25) is 0 Å². The molecule has 0 aliphatic heterocycles. The average molecular weight is 340 g/mol. The smallest absolute Gasteiger partial charge is 0.123 e. The molecule has 2 N–H and O–H groups in total. The van der Waals surface area contributed by atoms with E-state index in [1.54, 1.807) is 7.11 Å². The van der Waals surface area contributed by atoms with E-state index in [0.717, 1.165) is 5.75 Å². The van der Waals surface area contributed by atoms with E-state index < -0.39 is 0 Å². The van der Waals surface area contributed by atoms with Crippen LogP contribution in [0.4, 0.5) is 0 Å². The van der Waals surface area contributed by atoms with Gasteiger partial charge >= 0.3 is 0 Å². The Hall–Kier alpha value is -0.540. The molecule has 0 aromatic heterocycles. The highest BCUT2D eigenvalue weighted by molar-refractivity contribution is 9.10. The van der Waals surface area contributed by atoms with Crippen molar-refractivity contribution in [3.63, 3.8) is 0 Å². The number of methoxy groups -OCH3 is 1. The topological polar surface area (TPSA) is 35.2 Å². The van der Waals surface area contributed by atoms with Gasteiger partial charge in [0, 0.05) is 22.0 Å². The fourth-order valence-corrected chi connectivity index (χ4v) is 4.21. The summed E-state index contributed by atoms with van der Waals surface area (Å²) in [6, 6.07) is 4.45. The highest BCUT2D eigenvalue weighted by Crippen LogP contribution is 2.45. The summed E-state index contributed by atoms with van der Waals surface area (Å²) in [5.41, 5.74) is 8.86. The van der Waals surface area contributed by atoms with Gasteiger partial charge in [0.2, 0.25) is 0 Å². The number of benzene rings is 1. The van der Waals surface area contributed by atoms with Gasteiger partial charge in [-0.3, -0.25) is 0 Å². The van der Waals surface area contributed by atoms with E-state index >= 15 is 0 Å². The third-order valence-electron chi connectivity index (χ3n) is 4.71. The Kier molecular flexibility index (Phi) is 5.14. The molecule has 0 unspecified atom stereocenters. The maximum absolute atomic E-state index is 6.17. The maximum atomic E-state index is 6.17. The Balaban J connectivity index is 2.51. The van der Waals surface area contributed by atoms with Crippen molar-refractivity contribution in [2.45, 2.75) is 57.3 Å². The number of hydrogen-bond acceptors (Lipinski definition) is 2. The molecule has 0 spiro atoms. The van der Waals surface area contributed by atoms with Crippen LogP contribution in [-0.4, -0.2) is 13.7 Å². The molecule has 1 fully saturated rings. The molecule has 3 heteroatoms. The van der Waals surface area contributed by atoms with Gasteiger partial charge in [0.05, 0.1) is 7.11 Å². The molecular weight excluding hydrogens is 314 g/mol. The van der Waals surface area contributed by atoms with E-state index in [-0.39, 0.29) is 5.41 Å². The Labute approximate surface area is 131 Å². The molecule has 112 valence electrons. The van der Waals surface area contributed by atoms with Crippen molar-refractivity contribution in [3.8, 4) is 5.75 Å². The third kappa shape index (κ3) is 2.89. The standard InChI is InChI=1S/C17H26BrNO/c1-12(2)13-9-16(20-3)14(10-15(13)18)17(11-19)7-5-4-6-8-17/h9-10,12H,4-8,11,19H2,1-3H3. The zero-order valence-corrected chi connectivity index (χ0v) is 14.4. The number of ether oxygens (including phenoxy) is 1. The first kappa shape index (κ1) is 15.8. The lowest BCUT2D eigenvalue weighted by atomic mass is 9.69. The Morgan fingerprint density at radius 2 is 1.90 bits per heavy atom. The molecular formula is C17H26BrNO. The molecule has 1 aromatic carbocycles. The lowest BCUT2D eigenvalue weighted by Gasteiger charge is -2.38. The van der Waals surface area contributed by atoms with Crippen LogP contribution in [0.3, 0.4) is 0 Å². The Morgan fingerprint density at radius 3 is 2.40 bits per heavy atom. The zero-order valence-electron chi connectivity index (χ0n) is 12.8. The van der Waals surface area contributed by atoms with Gasteiger partial charge in [-0.1, -0.05) is 49.0 Å².